The van der Waals surface area contributed by atoms with Crippen LogP contribution in [0.2, 0.25) is 5.02 Å². The standard InChI is InChI=1S/C17H26ClN3OS.ClH/c1-13(14-5-3-4-6-15(14)18)20-8-10-21(11-9-20)17(22)16(19)7-12-23-2;/h3-6,13,16H,7-12,19H2,1-2H3;1H. The summed E-state index contributed by atoms with van der Waals surface area (Å²) in [5.74, 6) is 1.01. The van der Waals surface area contributed by atoms with Gasteiger partial charge in [0.15, 0.2) is 0 Å². The van der Waals surface area contributed by atoms with E-state index in [-0.39, 0.29) is 30.4 Å². The molecule has 0 spiro atoms. The van der Waals surface area contributed by atoms with Crippen molar-refractivity contribution in [3.63, 3.8) is 0 Å². The summed E-state index contributed by atoms with van der Waals surface area (Å²) in [7, 11) is 0. The molecular weight excluding hydrogens is 365 g/mol. The van der Waals surface area contributed by atoms with Crippen LogP contribution in [0, 0.1) is 0 Å². The average Bonchev–Trinajstić information content (AvgIpc) is 2.59. The number of amides is 1. The molecular formula is C17H27Cl2N3OS. The van der Waals surface area contributed by atoms with Gasteiger partial charge in [-0.25, -0.2) is 0 Å². The maximum atomic E-state index is 12.4. The van der Waals surface area contributed by atoms with Crippen LogP contribution in [0.4, 0.5) is 0 Å². The Kier molecular flexibility index (Phi) is 9.45. The van der Waals surface area contributed by atoms with Gasteiger partial charge in [-0.15, -0.1) is 12.4 Å². The molecule has 2 atom stereocenters. The highest BCUT2D eigenvalue weighted by atomic mass is 35.5. The Morgan fingerprint density at radius 2 is 1.92 bits per heavy atom. The van der Waals surface area contributed by atoms with Crippen molar-refractivity contribution in [2.24, 2.45) is 5.73 Å². The van der Waals surface area contributed by atoms with Crippen LogP contribution in [0.25, 0.3) is 0 Å². The summed E-state index contributed by atoms with van der Waals surface area (Å²) in [5.41, 5.74) is 7.15. The van der Waals surface area contributed by atoms with Gasteiger partial charge in [-0.05, 0) is 37.0 Å². The number of nitrogens with zero attached hydrogens (tertiary/aromatic N) is 2. The van der Waals surface area contributed by atoms with Crippen LogP contribution in [-0.2, 0) is 4.79 Å². The first-order chi connectivity index (χ1) is 11.0. The van der Waals surface area contributed by atoms with Crippen LogP contribution < -0.4 is 5.73 Å². The average molecular weight is 392 g/mol. The number of piperazine rings is 1. The minimum atomic E-state index is -0.366. The monoisotopic (exact) mass is 391 g/mol. The van der Waals surface area contributed by atoms with Gasteiger partial charge in [0, 0.05) is 37.2 Å². The fourth-order valence-electron chi connectivity index (χ4n) is 2.94. The van der Waals surface area contributed by atoms with Gasteiger partial charge in [0.2, 0.25) is 5.91 Å². The Morgan fingerprint density at radius 1 is 1.29 bits per heavy atom. The largest absolute Gasteiger partial charge is 0.339 e. The first-order valence-corrected chi connectivity index (χ1v) is 9.83. The van der Waals surface area contributed by atoms with Crippen LogP contribution in [0.1, 0.15) is 24.9 Å². The highest BCUT2D eigenvalue weighted by molar-refractivity contribution is 7.98. The lowest BCUT2D eigenvalue weighted by Gasteiger charge is -2.39. The molecule has 1 aliphatic rings. The number of carbonyl (C=O) groups is 1. The third-order valence-corrected chi connectivity index (χ3v) is 5.47. The molecule has 1 fully saturated rings. The molecule has 2 rings (SSSR count). The summed E-state index contributed by atoms with van der Waals surface area (Å²) in [4.78, 5) is 16.6. The third kappa shape index (κ3) is 5.53. The second-order valence-electron chi connectivity index (χ2n) is 5.95. The second-order valence-corrected chi connectivity index (χ2v) is 7.34. The first-order valence-electron chi connectivity index (χ1n) is 8.06. The van der Waals surface area contributed by atoms with E-state index in [0.717, 1.165) is 48.9 Å². The van der Waals surface area contributed by atoms with E-state index in [1.807, 2.05) is 29.4 Å². The molecule has 2 N–H and O–H groups in total. The SMILES string of the molecule is CSCCC(N)C(=O)N1CCN(C(C)c2ccccc2Cl)CC1.Cl. The van der Waals surface area contributed by atoms with Crippen molar-refractivity contribution in [3.05, 3.63) is 34.9 Å². The highest BCUT2D eigenvalue weighted by Gasteiger charge is 2.27. The molecule has 0 saturated carbocycles. The van der Waals surface area contributed by atoms with E-state index in [1.54, 1.807) is 11.8 Å². The van der Waals surface area contributed by atoms with E-state index in [0.29, 0.717) is 0 Å². The lowest BCUT2D eigenvalue weighted by molar-refractivity contribution is -0.134. The molecule has 1 aromatic carbocycles. The predicted octanol–water partition coefficient (Wildman–Crippen LogP) is 3.05. The molecule has 0 bridgehead atoms. The molecule has 2 unspecified atom stereocenters. The smallest absolute Gasteiger partial charge is 0.239 e. The Bertz CT molecular complexity index is 524. The first kappa shape index (κ1) is 21.6. The molecule has 4 nitrogen and oxygen atoms in total. The summed E-state index contributed by atoms with van der Waals surface area (Å²) in [6, 6.07) is 7.86. The lowest BCUT2D eigenvalue weighted by Crippen LogP contribution is -2.53. The predicted molar refractivity (Wildman–Crippen MR) is 106 cm³/mol. The third-order valence-electron chi connectivity index (χ3n) is 4.48. The fraction of sp³-hybridized carbons (Fsp3) is 0.588. The van der Waals surface area contributed by atoms with Crippen molar-refractivity contribution in [2.45, 2.75) is 25.4 Å². The molecule has 136 valence electrons. The topological polar surface area (TPSA) is 49.6 Å². The summed E-state index contributed by atoms with van der Waals surface area (Å²) in [5, 5.41) is 0.803. The molecule has 1 amide bonds. The number of rotatable bonds is 6. The van der Waals surface area contributed by atoms with E-state index in [4.69, 9.17) is 17.3 Å². The Hall–Kier alpha value is -0.460. The van der Waals surface area contributed by atoms with Crippen LogP contribution in [0.3, 0.4) is 0 Å². The zero-order valence-corrected chi connectivity index (χ0v) is 16.7. The molecule has 1 aliphatic heterocycles. The molecule has 1 aromatic rings. The fourth-order valence-corrected chi connectivity index (χ4v) is 3.73. The van der Waals surface area contributed by atoms with Gasteiger partial charge in [-0.1, -0.05) is 29.8 Å². The van der Waals surface area contributed by atoms with Crippen molar-refractivity contribution < 1.29 is 4.79 Å². The van der Waals surface area contributed by atoms with Gasteiger partial charge in [0.05, 0.1) is 6.04 Å². The van der Waals surface area contributed by atoms with Gasteiger partial charge in [-0.3, -0.25) is 9.69 Å². The number of hydrogen-bond acceptors (Lipinski definition) is 4. The van der Waals surface area contributed by atoms with Gasteiger partial charge < -0.3 is 10.6 Å². The normalized spacial score (nSPS) is 17.9. The van der Waals surface area contributed by atoms with E-state index in [9.17, 15) is 4.79 Å². The maximum Gasteiger partial charge on any atom is 0.239 e. The van der Waals surface area contributed by atoms with Crippen molar-refractivity contribution in [1.29, 1.82) is 0 Å². The molecule has 1 heterocycles. The summed E-state index contributed by atoms with van der Waals surface area (Å²) < 4.78 is 0. The minimum absolute atomic E-state index is 0. The van der Waals surface area contributed by atoms with E-state index in [1.165, 1.54) is 0 Å². The van der Waals surface area contributed by atoms with Gasteiger partial charge in [-0.2, -0.15) is 11.8 Å². The molecule has 0 aliphatic carbocycles. The quantitative estimate of drug-likeness (QED) is 0.809. The molecule has 0 aromatic heterocycles. The zero-order chi connectivity index (χ0) is 16.8. The number of thioether (sulfide) groups is 1. The number of hydrogen-bond donors (Lipinski definition) is 1. The second kappa shape index (κ2) is 10.5. The number of nitrogens with two attached hydrogens (primary N) is 1. The molecule has 0 radical (unpaired) electrons. The summed E-state index contributed by atoms with van der Waals surface area (Å²) in [6.45, 7) is 5.35. The van der Waals surface area contributed by atoms with Crippen molar-refractivity contribution in [2.75, 3.05) is 38.2 Å². The summed E-state index contributed by atoms with van der Waals surface area (Å²) in [6.07, 6.45) is 2.78. The lowest BCUT2D eigenvalue weighted by atomic mass is 10.1. The van der Waals surface area contributed by atoms with Crippen molar-refractivity contribution in [1.82, 2.24) is 9.80 Å². The van der Waals surface area contributed by atoms with Crippen LogP contribution in [0.5, 0.6) is 0 Å². The van der Waals surface area contributed by atoms with Crippen LogP contribution in [0.15, 0.2) is 24.3 Å². The van der Waals surface area contributed by atoms with Crippen molar-refractivity contribution in [3.8, 4) is 0 Å². The zero-order valence-electron chi connectivity index (χ0n) is 14.3. The van der Waals surface area contributed by atoms with E-state index >= 15 is 0 Å². The summed E-state index contributed by atoms with van der Waals surface area (Å²) >= 11 is 8.02. The Balaban J connectivity index is 0.00000288. The molecule has 24 heavy (non-hydrogen) atoms. The van der Waals surface area contributed by atoms with Crippen molar-refractivity contribution >= 4 is 41.7 Å². The van der Waals surface area contributed by atoms with Crippen LogP contribution in [-0.4, -0.2) is 59.9 Å². The number of halogens is 2. The highest BCUT2D eigenvalue weighted by Crippen LogP contribution is 2.27. The van der Waals surface area contributed by atoms with Gasteiger partial charge >= 0.3 is 0 Å². The van der Waals surface area contributed by atoms with Gasteiger partial charge in [0.25, 0.3) is 0 Å². The minimum Gasteiger partial charge on any atom is -0.339 e. The number of carbonyl (C=O) groups excluding carboxylic acids is 1. The Morgan fingerprint density at radius 3 is 2.50 bits per heavy atom. The number of benzene rings is 1. The molecule has 1 saturated heterocycles. The Labute approximate surface area is 160 Å². The van der Waals surface area contributed by atoms with Crippen LogP contribution >= 0.6 is 35.8 Å². The maximum absolute atomic E-state index is 12.4. The molecule has 7 heteroatoms. The van der Waals surface area contributed by atoms with E-state index in [2.05, 4.69) is 17.9 Å². The van der Waals surface area contributed by atoms with E-state index < -0.39 is 0 Å². The van der Waals surface area contributed by atoms with Gasteiger partial charge in [0.1, 0.15) is 0 Å².